The standard InChI is InChI=1S/C22H18F2N4O3S/c1-12-9-15(4-8-19(12)31-2)32(29,30)28-18-7-5-16(23)20(21(18)24)13-3-6-17-14(10-13)11-26-22(25)27-17/h3-11,28H,1-2H3,(H2,25,26,27). The SMILES string of the molecule is COc1ccc(S(=O)(=O)Nc2ccc(F)c(-c3ccc4nc(N)ncc4c3)c2F)cc1C. The highest BCUT2D eigenvalue weighted by Gasteiger charge is 2.22. The van der Waals surface area contributed by atoms with Crippen molar-refractivity contribution in [3.05, 3.63) is 71.9 Å². The number of sulfonamides is 1. The molecule has 0 aliphatic rings. The predicted octanol–water partition coefficient (Wildman–Crippen LogP) is 4.28. The lowest BCUT2D eigenvalue weighted by atomic mass is 10.0. The van der Waals surface area contributed by atoms with E-state index in [0.29, 0.717) is 22.2 Å². The van der Waals surface area contributed by atoms with Crippen LogP contribution >= 0.6 is 0 Å². The Hall–Kier alpha value is -3.79. The molecule has 0 amide bonds. The van der Waals surface area contributed by atoms with E-state index in [1.807, 2.05) is 0 Å². The number of aromatic nitrogens is 2. The van der Waals surface area contributed by atoms with Gasteiger partial charge in [-0.2, -0.15) is 0 Å². The van der Waals surface area contributed by atoms with Crippen LogP contribution in [-0.2, 0) is 10.0 Å². The lowest BCUT2D eigenvalue weighted by Gasteiger charge is -2.14. The molecule has 4 rings (SSSR count). The molecule has 0 bridgehead atoms. The quantitative estimate of drug-likeness (QED) is 0.464. The van der Waals surface area contributed by atoms with E-state index >= 15 is 4.39 Å². The number of aryl methyl sites for hydroxylation is 1. The zero-order valence-electron chi connectivity index (χ0n) is 17.1. The highest BCUT2D eigenvalue weighted by Crippen LogP contribution is 2.33. The molecule has 7 nitrogen and oxygen atoms in total. The Labute approximate surface area is 182 Å². The molecule has 164 valence electrons. The molecule has 0 radical (unpaired) electrons. The van der Waals surface area contributed by atoms with Crippen LogP contribution in [0.5, 0.6) is 5.75 Å². The van der Waals surface area contributed by atoms with Crippen LogP contribution in [0.2, 0.25) is 0 Å². The van der Waals surface area contributed by atoms with E-state index in [0.717, 1.165) is 12.1 Å². The molecule has 32 heavy (non-hydrogen) atoms. The van der Waals surface area contributed by atoms with Gasteiger partial charge in [0.2, 0.25) is 5.95 Å². The first kappa shape index (κ1) is 21.4. The van der Waals surface area contributed by atoms with Crippen LogP contribution in [0.1, 0.15) is 5.56 Å². The molecule has 4 aromatic rings. The molecule has 0 atom stereocenters. The van der Waals surface area contributed by atoms with Crippen LogP contribution in [0.25, 0.3) is 22.0 Å². The molecule has 10 heteroatoms. The fraction of sp³-hybridized carbons (Fsp3) is 0.0909. The highest BCUT2D eigenvalue weighted by molar-refractivity contribution is 7.92. The molecule has 0 fully saturated rings. The minimum absolute atomic E-state index is 0.0767. The lowest BCUT2D eigenvalue weighted by Crippen LogP contribution is -2.15. The Morgan fingerprint density at radius 3 is 2.56 bits per heavy atom. The van der Waals surface area contributed by atoms with Crippen molar-refractivity contribution in [3.63, 3.8) is 0 Å². The summed E-state index contributed by atoms with van der Waals surface area (Å²) in [5.41, 5.74) is 6.09. The molecular formula is C22H18F2N4O3S. The normalized spacial score (nSPS) is 11.5. The molecule has 0 unspecified atom stereocenters. The van der Waals surface area contributed by atoms with E-state index in [-0.39, 0.29) is 27.7 Å². The summed E-state index contributed by atoms with van der Waals surface area (Å²) in [5.74, 6) is -1.30. The summed E-state index contributed by atoms with van der Waals surface area (Å²) in [4.78, 5) is 7.86. The van der Waals surface area contributed by atoms with Gasteiger partial charge in [-0.3, -0.25) is 4.72 Å². The number of nitrogens with two attached hydrogens (primary N) is 1. The largest absolute Gasteiger partial charge is 0.496 e. The number of nitrogens with zero attached hydrogens (tertiary/aromatic N) is 2. The van der Waals surface area contributed by atoms with Gasteiger partial charge in [0.1, 0.15) is 11.6 Å². The summed E-state index contributed by atoms with van der Waals surface area (Å²) in [7, 11) is -2.67. The molecule has 0 spiro atoms. The first-order valence-corrected chi connectivity index (χ1v) is 10.9. The Morgan fingerprint density at radius 2 is 1.84 bits per heavy atom. The third-order valence-electron chi connectivity index (χ3n) is 4.90. The van der Waals surface area contributed by atoms with Gasteiger partial charge in [-0.1, -0.05) is 6.07 Å². The zero-order valence-corrected chi connectivity index (χ0v) is 17.9. The number of benzene rings is 3. The average molecular weight is 456 g/mol. The zero-order chi connectivity index (χ0) is 23.0. The first-order valence-electron chi connectivity index (χ1n) is 9.38. The number of anilines is 2. The number of rotatable bonds is 5. The van der Waals surface area contributed by atoms with E-state index in [2.05, 4.69) is 14.7 Å². The average Bonchev–Trinajstić information content (AvgIpc) is 2.75. The number of nitrogen functional groups attached to an aromatic ring is 1. The second kappa shape index (κ2) is 8.04. The number of halogens is 2. The van der Waals surface area contributed by atoms with Gasteiger partial charge >= 0.3 is 0 Å². The molecule has 3 aromatic carbocycles. The van der Waals surface area contributed by atoms with Crippen molar-refractivity contribution < 1.29 is 21.9 Å². The van der Waals surface area contributed by atoms with E-state index in [1.165, 1.54) is 43.6 Å². The maximum absolute atomic E-state index is 15.3. The summed E-state index contributed by atoms with van der Waals surface area (Å²) < 4.78 is 62.8. The van der Waals surface area contributed by atoms with E-state index in [9.17, 15) is 12.8 Å². The minimum atomic E-state index is -4.14. The molecule has 3 N–H and O–H groups in total. The van der Waals surface area contributed by atoms with Gasteiger partial charge in [0.25, 0.3) is 10.0 Å². The van der Waals surface area contributed by atoms with Crippen LogP contribution in [0.15, 0.2) is 59.6 Å². The molecule has 0 aliphatic heterocycles. The second-order valence-electron chi connectivity index (χ2n) is 7.02. The summed E-state index contributed by atoms with van der Waals surface area (Å²) in [5, 5.41) is 0.523. The number of ether oxygens (including phenoxy) is 1. The predicted molar refractivity (Wildman–Crippen MR) is 118 cm³/mol. The maximum atomic E-state index is 15.3. The van der Waals surface area contributed by atoms with E-state index in [1.54, 1.807) is 13.0 Å². The van der Waals surface area contributed by atoms with Crippen molar-refractivity contribution in [2.75, 3.05) is 17.6 Å². The van der Waals surface area contributed by atoms with Crippen molar-refractivity contribution in [3.8, 4) is 16.9 Å². The molecule has 0 aliphatic carbocycles. The number of methoxy groups -OCH3 is 1. The summed E-state index contributed by atoms with van der Waals surface area (Å²) in [6, 6.07) is 10.8. The highest BCUT2D eigenvalue weighted by atomic mass is 32.2. The van der Waals surface area contributed by atoms with Crippen molar-refractivity contribution in [2.45, 2.75) is 11.8 Å². The molecule has 1 aromatic heterocycles. The lowest BCUT2D eigenvalue weighted by molar-refractivity contribution is 0.411. The Bertz CT molecular complexity index is 1460. The Morgan fingerprint density at radius 1 is 1.06 bits per heavy atom. The summed E-state index contributed by atoms with van der Waals surface area (Å²) in [6.07, 6.45) is 1.44. The van der Waals surface area contributed by atoms with Gasteiger partial charge in [0.05, 0.1) is 28.8 Å². The fourth-order valence-corrected chi connectivity index (χ4v) is 4.47. The van der Waals surface area contributed by atoms with E-state index in [4.69, 9.17) is 10.5 Å². The number of hydrogen-bond donors (Lipinski definition) is 2. The first-order chi connectivity index (χ1) is 15.2. The van der Waals surface area contributed by atoms with Crippen molar-refractivity contribution in [2.24, 2.45) is 0 Å². The molecule has 0 saturated carbocycles. The van der Waals surface area contributed by atoms with Gasteiger partial charge in [-0.15, -0.1) is 0 Å². The number of nitrogens with one attached hydrogen (secondary N) is 1. The fourth-order valence-electron chi connectivity index (χ4n) is 3.32. The topological polar surface area (TPSA) is 107 Å². The van der Waals surface area contributed by atoms with Crippen LogP contribution in [0, 0.1) is 18.6 Å². The van der Waals surface area contributed by atoms with Crippen molar-refractivity contribution in [1.29, 1.82) is 0 Å². The monoisotopic (exact) mass is 456 g/mol. The second-order valence-corrected chi connectivity index (χ2v) is 8.71. The van der Waals surface area contributed by atoms with Crippen LogP contribution in [0.4, 0.5) is 20.4 Å². The van der Waals surface area contributed by atoms with Gasteiger partial charge < -0.3 is 10.5 Å². The van der Waals surface area contributed by atoms with Crippen molar-refractivity contribution >= 4 is 32.6 Å². The van der Waals surface area contributed by atoms with Gasteiger partial charge in [0.15, 0.2) is 5.82 Å². The smallest absolute Gasteiger partial charge is 0.262 e. The Kier molecular flexibility index (Phi) is 5.39. The van der Waals surface area contributed by atoms with E-state index < -0.39 is 21.7 Å². The van der Waals surface area contributed by atoms with Crippen LogP contribution in [-0.4, -0.2) is 25.5 Å². The number of fused-ring (bicyclic) bond motifs is 1. The third-order valence-corrected chi connectivity index (χ3v) is 6.26. The summed E-state index contributed by atoms with van der Waals surface area (Å²) in [6.45, 7) is 1.69. The maximum Gasteiger partial charge on any atom is 0.262 e. The molecule has 1 heterocycles. The van der Waals surface area contributed by atoms with Gasteiger partial charge in [-0.25, -0.2) is 27.2 Å². The third kappa shape index (κ3) is 3.92. The summed E-state index contributed by atoms with van der Waals surface area (Å²) >= 11 is 0. The minimum Gasteiger partial charge on any atom is -0.496 e. The molecular weight excluding hydrogens is 438 g/mol. The van der Waals surface area contributed by atoms with Crippen LogP contribution < -0.4 is 15.2 Å². The van der Waals surface area contributed by atoms with Crippen LogP contribution in [0.3, 0.4) is 0 Å². The number of hydrogen-bond acceptors (Lipinski definition) is 6. The Balaban J connectivity index is 1.75. The van der Waals surface area contributed by atoms with Crippen molar-refractivity contribution in [1.82, 2.24) is 9.97 Å². The van der Waals surface area contributed by atoms with Gasteiger partial charge in [-0.05, 0) is 60.5 Å². The molecule has 0 saturated heterocycles. The van der Waals surface area contributed by atoms with Gasteiger partial charge in [0, 0.05) is 11.6 Å².